The molecule has 4 aliphatic carbocycles. The van der Waals surface area contributed by atoms with Gasteiger partial charge in [0.15, 0.2) is 0 Å². The molecule has 5 aliphatic rings. The van der Waals surface area contributed by atoms with E-state index in [0.717, 1.165) is 54.8 Å². The maximum Gasteiger partial charge on any atom is 0.313 e. The Morgan fingerprint density at radius 1 is 0.933 bits per heavy atom. The molecule has 0 aromatic rings. The van der Waals surface area contributed by atoms with E-state index in [1.165, 1.54) is 57.8 Å². The van der Waals surface area contributed by atoms with E-state index < -0.39 is 0 Å². The highest BCUT2D eigenvalue weighted by atomic mass is 16.6. The molecule has 30 heavy (non-hydrogen) atoms. The van der Waals surface area contributed by atoms with Gasteiger partial charge in [0, 0.05) is 6.42 Å². The summed E-state index contributed by atoms with van der Waals surface area (Å²) in [7, 11) is 0. The standard InChI is InChI=1S/C28H46O2/c1-18(2)7-6-8-19(3)22-9-10-23-21-12-16-28-17-20(30-25(28)29)11-15-27(28,5)24(21)13-14-26(22,23)4/h18-24H,6-17H2,1-5H3/t19-,20-,21+,22-,23+,24+,26-,27-,28+/m1/s1. The van der Waals surface area contributed by atoms with Gasteiger partial charge < -0.3 is 4.74 Å². The minimum absolute atomic E-state index is 0.132. The van der Waals surface area contributed by atoms with E-state index in [0.29, 0.717) is 5.41 Å². The SMILES string of the molecule is CC(C)CCC[C@@H](C)[C@H]1CC[C@H]2[C@@H]3CC[C@@]45C[C@@H](CC[C@]4(C)[C@H]3CC[C@]12C)OC5=O. The van der Waals surface area contributed by atoms with Crippen LogP contribution in [0.2, 0.25) is 0 Å². The van der Waals surface area contributed by atoms with Crippen molar-refractivity contribution in [2.75, 3.05) is 0 Å². The second kappa shape index (κ2) is 7.24. The first kappa shape index (κ1) is 21.3. The van der Waals surface area contributed by atoms with Crippen molar-refractivity contribution in [1.29, 1.82) is 0 Å². The lowest BCUT2D eigenvalue weighted by molar-refractivity contribution is -0.173. The van der Waals surface area contributed by atoms with Gasteiger partial charge in [0.2, 0.25) is 0 Å². The lowest BCUT2D eigenvalue weighted by Crippen LogP contribution is -2.59. The zero-order chi connectivity index (χ0) is 21.3. The zero-order valence-corrected chi connectivity index (χ0v) is 20.3. The van der Waals surface area contributed by atoms with Crippen LogP contribution in [0.3, 0.4) is 0 Å². The van der Waals surface area contributed by atoms with Gasteiger partial charge >= 0.3 is 5.97 Å². The molecule has 9 atom stereocenters. The second-order valence-electron chi connectivity index (χ2n) is 13.2. The molecule has 0 radical (unpaired) electrons. The summed E-state index contributed by atoms with van der Waals surface area (Å²) >= 11 is 0. The van der Waals surface area contributed by atoms with E-state index in [4.69, 9.17) is 4.74 Å². The summed E-state index contributed by atoms with van der Waals surface area (Å²) in [6.45, 7) is 12.5. The molecule has 2 nitrogen and oxygen atoms in total. The maximum atomic E-state index is 13.0. The molecular formula is C28H46O2. The van der Waals surface area contributed by atoms with Crippen LogP contribution in [0, 0.1) is 51.8 Å². The van der Waals surface area contributed by atoms with Gasteiger partial charge in [-0.05, 0) is 97.7 Å². The molecule has 0 amide bonds. The summed E-state index contributed by atoms with van der Waals surface area (Å²) in [5, 5.41) is 0. The quantitative estimate of drug-likeness (QED) is 0.438. The Labute approximate surface area is 185 Å². The number of fused-ring (bicyclic) bond motifs is 5. The summed E-state index contributed by atoms with van der Waals surface area (Å²) in [4.78, 5) is 13.0. The van der Waals surface area contributed by atoms with E-state index in [9.17, 15) is 4.79 Å². The third kappa shape index (κ3) is 2.83. The number of rotatable bonds is 5. The van der Waals surface area contributed by atoms with E-state index in [1.807, 2.05) is 0 Å². The number of esters is 1. The van der Waals surface area contributed by atoms with Gasteiger partial charge in [0.05, 0.1) is 5.41 Å². The van der Waals surface area contributed by atoms with Crippen LogP contribution in [0.5, 0.6) is 0 Å². The third-order valence-corrected chi connectivity index (χ3v) is 11.7. The predicted octanol–water partition coefficient (Wildman–Crippen LogP) is 7.40. The third-order valence-electron chi connectivity index (χ3n) is 11.7. The number of ether oxygens (including phenoxy) is 1. The van der Waals surface area contributed by atoms with Crippen molar-refractivity contribution in [2.24, 2.45) is 51.8 Å². The molecular weight excluding hydrogens is 368 g/mol. The minimum atomic E-state index is -0.132. The Kier molecular flexibility index (Phi) is 5.15. The van der Waals surface area contributed by atoms with Crippen molar-refractivity contribution >= 4 is 5.97 Å². The van der Waals surface area contributed by atoms with Gasteiger partial charge in [-0.25, -0.2) is 0 Å². The predicted molar refractivity (Wildman–Crippen MR) is 122 cm³/mol. The normalized spacial score (nSPS) is 50.6. The monoisotopic (exact) mass is 414 g/mol. The first-order valence-corrected chi connectivity index (χ1v) is 13.4. The Morgan fingerprint density at radius 2 is 1.73 bits per heavy atom. The summed E-state index contributed by atoms with van der Waals surface area (Å²) in [6.07, 6.45) is 15.9. The summed E-state index contributed by atoms with van der Waals surface area (Å²) < 4.78 is 5.86. The molecule has 2 heteroatoms. The molecule has 1 aliphatic heterocycles. The molecule has 1 saturated heterocycles. The fourth-order valence-electron chi connectivity index (χ4n) is 10.1. The van der Waals surface area contributed by atoms with Crippen LogP contribution < -0.4 is 0 Å². The average Bonchev–Trinajstić information content (AvgIpc) is 3.18. The molecule has 1 heterocycles. The highest BCUT2D eigenvalue weighted by Crippen LogP contribution is 2.72. The largest absolute Gasteiger partial charge is 0.462 e. The van der Waals surface area contributed by atoms with Crippen LogP contribution >= 0.6 is 0 Å². The van der Waals surface area contributed by atoms with E-state index in [-0.39, 0.29) is 22.9 Å². The van der Waals surface area contributed by atoms with Crippen LogP contribution in [0.25, 0.3) is 0 Å². The van der Waals surface area contributed by atoms with Crippen LogP contribution in [-0.4, -0.2) is 12.1 Å². The number of carbonyl (C=O) groups excluding carboxylic acids is 1. The highest BCUT2D eigenvalue weighted by molar-refractivity contribution is 5.81. The van der Waals surface area contributed by atoms with Gasteiger partial charge in [-0.15, -0.1) is 0 Å². The minimum Gasteiger partial charge on any atom is -0.462 e. The van der Waals surface area contributed by atoms with Crippen molar-refractivity contribution in [3.05, 3.63) is 0 Å². The first-order chi connectivity index (χ1) is 14.2. The Hall–Kier alpha value is -0.530. The van der Waals surface area contributed by atoms with Gasteiger partial charge in [0.25, 0.3) is 0 Å². The first-order valence-electron chi connectivity index (χ1n) is 13.4. The Bertz CT molecular complexity index is 684. The van der Waals surface area contributed by atoms with Crippen molar-refractivity contribution in [3.63, 3.8) is 0 Å². The molecule has 170 valence electrons. The van der Waals surface area contributed by atoms with Crippen molar-refractivity contribution in [3.8, 4) is 0 Å². The molecule has 0 aromatic carbocycles. The van der Waals surface area contributed by atoms with Gasteiger partial charge in [-0.1, -0.05) is 53.9 Å². The number of hydrogen-bond donors (Lipinski definition) is 0. The van der Waals surface area contributed by atoms with Crippen LogP contribution in [0.15, 0.2) is 0 Å². The molecule has 4 saturated carbocycles. The van der Waals surface area contributed by atoms with E-state index in [1.54, 1.807) is 0 Å². The Morgan fingerprint density at radius 3 is 2.50 bits per heavy atom. The van der Waals surface area contributed by atoms with Crippen LogP contribution in [0.4, 0.5) is 0 Å². The summed E-state index contributed by atoms with van der Waals surface area (Å²) in [5.74, 6) is 5.34. The van der Waals surface area contributed by atoms with E-state index in [2.05, 4.69) is 34.6 Å². The molecule has 1 spiro atoms. The van der Waals surface area contributed by atoms with Crippen LogP contribution in [0.1, 0.15) is 112 Å². The summed E-state index contributed by atoms with van der Waals surface area (Å²) in [6, 6.07) is 0. The molecule has 2 bridgehead atoms. The Balaban J connectivity index is 1.35. The fraction of sp³-hybridized carbons (Fsp3) is 0.964. The van der Waals surface area contributed by atoms with Gasteiger partial charge in [-0.3, -0.25) is 4.79 Å². The second-order valence-corrected chi connectivity index (χ2v) is 13.2. The summed E-state index contributed by atoms with van der Waals surface area (Å²) in [5.41, 5.74) is 0.613. The average molecular weight is 415 g/mol. The maximum absolute atomic E-state index is 13.0. The van der Waals surface area contributed by atoms with Gasteiger partial charge in [-0.2, -0.15) is 0 Å². The van der Waals surface area contributed by atoms with Crippen molar-refractivity contribution < 1.29 is 9.53 Å². The van der Waals surface area contributed by atoms with Crippen molar-refractivity contribution in [2.45, 2.75) is 118 Å². The lowest BCUT2D eigenvalue weighted by Gasteiger charge is -2.62. The molecule has 5 fully saturated rings. The fourth-order valence-corrected chi connectivity index (χ4v) is 10.1. The van der Waals surface area contributed by atoms with Crippen LogP contribution in [-0.2, 0) is 9.53 Å². The molecule has 0 N–H and O–H groups in total. The molecule has 0 unspecified atom stereocenters. The topological polar surface area (TPSA) is 26.3 Å². The van der Waals surface area contributed by atoms with E-state index >= 15 is 0 Å². The number of carbonyl (C=O) groups is 1. The molecule has 0 aromatic heterocycles. The number of hydrogen-bond acceptors (Lipinski definition) is 2. The van der Waals surface area contributed by atoms with Crippen molar-refractivity contribution in [1.82, 2.24) is 0 Å². The smallest absolute Gasteiger partial charge is 0.313 e. The molecule has 5 rings (SSSR count). The zero-order valence-electron chi connectivity index (χ0n) is 20.3. The lowest BCUT2D eigenvalue weighted by atomic mass is 9.40. The van der Waals surface area contributed by atoms with Gasteiger partial charge in [0.1, 0.15) is 6.10 Å². The highest BCUT2D eigenvalue weighted by Gasteiger charge is 2.70.